The summed E-state index contributed by atoms with van der Waals surface area (Å²) in [6.45, 7) is 2.52. The van der Waals surface area contributed by atoms with Crippen molar-refractivity contribution < 1.29 is 9.53 Å². The summed E-state index contributed by atoms with van der Waals surface area (Å²) in [5, 5.41) is 10.6. The molecule has 24 heavy (non-hydrogen) atoms. The largest absolute Gasteiger partial charge is 0.494 e. The monoisotopic (exact) mass is 342 g/mol. The third-order valence-corrected chi connectivity index (χ3v) is 3.65. The molecule has 6 nitrogen and oxygen atoms in total. The zero-order valence-corrected chi connectivity index (χ0v) is 13.7. The molecule has 0 atom stereocenters. The minimum absolute atomic E-state index is 0.278. The molecule has 0 saturated carbocycles. The highest BCUT2D eigenvalue weighted by Gasteiger charge is 2.12. The van der Waals surface area contributed by atoms with Gasteiger partial charge in [0.05, 0.1) is 17.2 Å². The Morgan fingerprint density at radius 2 is 1.88 bits per heavy atom. The van der Waals surface area contributed by atoms with Crippen molar-refractivity contribution in [3.63, 3.8) is 0 Å². The Morgan fingerprint density at radius 1 is 1.17 bits per heavy atom. The molecule has 2 aromatic carbocycles. The van der Waals surface area contributed by atoms with Crippen LogP contribution < -0.4 is 10.1 Å². The van der Waals surface area contributed by atoms with Gasteiger partial charge in [0.1, 0.15) is 18.4 Å². The summed E-state index contributed by atoms with van der Waals surface area (Å²) < 4.78 is 7.08. The number of rotatable bonds is 5. The maximum Gasteiger partial charge on any atom is 0.257 e. The number of nitrogens with one attached hydrogen (secondary N) is 1. The van der Waals surface area contributed by atoms with E-state index in [9.17, 15) is 4.79 Å². The van der Waals surface area contributed by atoms with Crippen LogP contribution in [0.4, 0.5) is 5.69 Å². The first-order valence-corrected chi connectivity index (χ1v) is 7.74. The van der Waals surface area contributed by atoms with E-state index in [1.54, 1.807) is 59.7 Å². The summed E-state index contributed by atoms with van der Waals surface area (Å²) in [5.74, 6) is 0.478. The average Bonchev–Trinajstić information content (AvgIpc) is 3.11. The zero-order valence-electron chi connectivity index (χ0n) is 12.9. The Kier molecular flexibility index (Phi) is 4.77. The molecule has 1 N–H and O–H groups in total. The van der Waals surface area contributed by atoms with E-state index in [0.717, 1.165) is 11.4 Å². The highest BCUT2D eigenvalue weighted by Crippen LogP contribution is 2.22. The van der Waals surface area contributed by atoms with E-state index in [-0.39, 0.29) is 5.91 Å². The van der Waals surface area contributed by atoms with Crippen LogP contribution in [-0.4, -0.2) is 27.3 Å². The fraction of sp³-hybridized carbons (Fsp3) is 0.118. The molecule has 0 aliphatic carbocycles. The number of hydrogen-bond acceptors (Lipinski definition) is 4. The molecule has 0 aliphatic rings. The highest BCUT2D eigenvalue weighted by atomic mass is 35.5. The summed E-state index contributed by atoms with van der Waals surface area (Å²) in [5.41, 5.74) is 1.84. The molecular weight excluding hydrogens is 328 g/mol. The highest BCUT2D eigenvalue weighted by molar-refractivity contribution is 6.34. The number of halogens is 1. The van der Waals surface area contributed by atoms with Crippen LogP contribution in [-0.2, 0) is 0 Å². The van der Waals surface area contributed by atoms with Gasteiger partial charge in [0.15, 0.2) is 0 Å². The van der Waals surface area contributed by atoms with Crippen molar-refractivity contribution in [2.24, 2.45) is 0 Å². The van der Waals surface area contributed by atoms with Crippen LogP contribution in [0, 0.1) is 0 Å². The van der Waals surface area contributed by atoms with Crippen LogP contribution in [0.15, 0.2) is 55.1 Å². The fourth-order valence-electron chi connectivity index (χ4n) is 2.18. The molecular formula is C17H15ClN4O2. The van der Waals surface area contributed by atoms with Crippen molar-refractivity contribution in [3.05, 3.63) is 65.7 Å². The van der Waals surface area contributed by atoms with E-state index in [0.29, 0.717) is 22.9 Å². The molecule has 122 valence electrons. The standard InChI is InChI=1S/C17H15ClN4O2/c1-2-24-14-6-3-12(4-7-14)21-17(23)15-8-5-13(9-16(15)18)22-10-19-20-11-22/h3-11H,2H2,1H3,(H,21,23). The number of ether oxygens (including phenoxy) is 1. The second-order valence-electron chi connectivity index (χ2n) is 4.94. The number of benzene rings is 2. The lowest BCUT2D eigenvalue weighted by molar-refractivity contribution is 0.102. The Hall–Kier alpha value is -2.86. The Labute approximate surface area is 144 Å². The van der Waals surface area contributed by atoms with Crippen LogP contribution in [0.5, 0.6) is 5.75 Å². The van der Waals surface area contributed by atoms with E-state index >= 15 is 0 Å². The second-order valence-corrected chi connectivity index (χ2v) is 5.35. The van der Waals surface area contributed by atoms with Crippen LogP contribution >= 0.6 is 11.6 Å². The molecule has 0 fully saturated rings. The zero-order chi connectivity index (χ0) is 16.9. The molecule has 0 aliphatic heterocycles. The first-order chi connectivity index (χ1) is 11.7. The number of aromatic nitrogens is 3. The number of carbonyl (C=O) groups is 1. The summed E-state index contributed by atoms with van der Waals surface area (Å²) in [6.07, 6.45) is 3.12. The molecule has 0 unspecified atom stereocenters. The Bertz CT molecular complexity index is 832. The molecule has 0 spiro atoms. The molecule has 0 bridgehead atoms. The van der Waals surface area contributed by atoms with Crippen LogP contribution in [0.2, 0.25) is 5.02 Å². The van der Waals surface area contributed by atoms with E-state index in [1.165, 1.54) is 0 Å². The van der Waals surface area contributed by atoms with E-state index in [4.69, 9.17) is 16.3 Å². The van der Waals surface area contributed by atoms with Crippen molar-refractivity contribution in [1.82, 2.24) is 14.8 Å². The van der Waals surface area contributed by atoms with Crippen molar-refractivity contribution >= 4 is 23.2 Å². The van der Waals surface area contributed by atoms with Crippen LogP contribution in [0.25, 0.3) is 5.69 Å². The maximum atomic E-state index is 12.4. The van der Waals surface area contributed by atoms with Gasteiger partial charge in [-0.2, -0.15) is 0 Å². The Morgan fingerprint density at radius 3 is 2.50 bits per heavy atom. The van der Waals surface area contributed by atoms with Gasteiger partial charge in [-0.3, -0.25) is 9.36 Å². The summed E-state index contributed by atoms with van der Waals surface area (Å²) >= 11 is 6.24. The van der Waals surface area contributed by atoms with Gasteiger partial charge in [0.2, 0.25) is 0 Å². The smallest absolute Gasteiger partial charge is 0.257 e. The minimum Gasteiger partial charge on any atom is -0.494 e. The Balaban J connectivity index is 1.75. The van der Waals surface area contributed by atoms with E-state index in [2.05, 4.69) is 15.5 Å². The van der Waals surface area contributed by atoms with Crippen molar-refractivity contribution in [2.75, 3.05) is 11.9 Å². The normalized spacial score (nSPS) is 10.4. The van der Waals surface area contributed by atoms with Crippen LogP contribution in [0.1, 0.15) is 17.3 Å². The predicted molar refractivity (Wildman–Crippen MR) is 91.9 cm³/mol. The van der Waals surface area contributed by atoms with Gasteiger partial charge in [0.25, 0.3) is 5.91 Å². The van der Waals surface area contributed by atoms with Gasteiger partial charge in [0, 0.05) is 11.4 Å². The minimum atomic E-state index is -0.278. The third kappa shape index (κ3) is 3.55. The topological polar surface area (TPSA) is 69.0 Å². The molecule has 0 radical (unpaired) electrons. The summed E-state index contributed by atoms with van der Waals surface area (Å²) in [6, 6.07) is 12.3. The third-order valence-electron chi connectivity index (χ3n) is 3.34. The van der Waals surface area contributed by atoms with E-state index in [1.807, 2.05) is 6.92 Å². The molecule has 7 heteroatoms. The van der Waals surface area contributed by atoms with Gasteiger partial charge >= 0.3 is 0 Å². The summed E-state index contributed by atoms with van der Waals surface area (Å²) in [4.78, 5) is 12.4. The molecule has 3 rings (SSSR count). The first-order valence-electron chi connectivity index (χ1n) is 7.36. The van der Waals surface area contributed by atoms with Gasteiger partial charge < -0.3 is 10.1 Å². The fourth-order valence-corrected chi connectivity index (χ4v) is 2.44. The average molecular weight is 343 g/mol. The van der Waals surface area contributed by atoms with Gasteiger partial charge in [-0.25, -0.2) is 0 Å². The van der Waals surface area contributed by atoms with Crippen molar-refractivity contribution in [1.29, 1.82) is 0 Å². The lowest BCUT2D eigenvalue weighted by Gasteiger charge is -2.09. The molecule has 1 heterocycles. The van der Waals surface area contributed by atoms with Crippen molar-refractivity contribution in [2.45, 2.75) is 6.92 Å². The number of hydrogen-bond donors (Lipinski definition) is 1. The van der Waals surface area contributed by atoms with Gasteiger partial charge in [-0.15, -0.1) is 10.2 Å². The number of carbonyl (C=O) groups excluding carboxylic acids is 1. The quantitative estimate of drug-likeness (QED) is 0.769. The van der Waals surface area contributed by atoms with Crippen molar-refractivity contribution in [3.8, 4) is 11.4 Å². The lowest BCUT2D eigenvalue weighted by atomic mass is 10.2. The molecule has 3 aromatic rings. The molecule has 1 aromatic heterocycles. The number of amides is 1. The van der Waals surface area contributed by atoms with Crippen LogP contribution in [0.3, 0.4) is 0 Å². The van der Waals surface area contributed by atoms with Gasteiger partial charge in [-0.05, 0) is 49.4 Å². The summed E-state index contributed by atoms with van der Waals surface area (Å²) in [7, 11) is 0. The predicted octanol–water partition coefficient (Wildman–Crippen LogP) is 3.57. The second kappa shape index (κ2) is 7.14. The molecule has 0 saturated heterocycles. The molecule has 1 amide bonds. The first kappa shape index (κ1) is 16.0. The lowest BCUT2D eigenvalue weighted by Crippen LogP contribution is -2.12. The number of nitrogens with zero attached hydrogens (tertiary/aromatic N) is 3. The van der Waals surface area contributed by atoms with Gasteiger partial charge in [-0.1, -0.05) is 11.6 Å². The number of anilines is 1. The van der Waals surface area contributed by atoms with E-state index < -0.39 is 0 Å². The maximum absolute atomic E-state index is 12.4. The SMILES string of the molecule is CCOc1ccc(NC(=O)c2ccc(-n3cnnc3)cc2Cl)cc1.